The molecule has 1 fully saturated rings. The lowest BCUT2D eigenvalue weighted by atomic mass is 10.1. The number of morpholine rings is 1. The number of ether oxygens (including phenoxy) is 1. The number of imidazole rings is 1. The second-order valence-corrected chi connectivity index (χ2v) is 5.92. The van der Waals surface area contributed by atoms with Crippen molar-refractivity contribution in [3.8, 4) is 0 Å². The molecule has 0 radical (unpaired) electrons. The van der Waals surface area contributed by atoms with Gasteiger partial charge in [-0.3, -0.25) is 9.59 Å². The largest absolute Gasteiger partial charge is 0.377 e. The zero-order valence-corrected chi connectivity index (χ0v) is 13.6. The van der Waals surface area contributed by atoms with Crippen molar-refractivity contribution in [2.24, 2.45) is 12.8 Å². The number of primary amides is 1. The van der Waals surface area contributed by atoms with Crippen LogP contribution in [0.2, 0.25) is 0 Å². The van der Waals surface area contributed by atoms with Crippen LogP contribution in [0.15, 0.2) is 18.3 Å². The van der Waals surface area contributed by atoms with Crippen molar-refractivity contribution >= 4 is 23.0 Å². The summed E-state index contributed by atoms with van der Waals surface area (Å²) >= 11 is 0. The average Bonchev–Trinajstić information content (AvgIpc) is 2.89. The van der Waals surface area contributed by atoms with Crippen LogP contribution in [0.25, 0.3) is 11.2 Å². The van der Waals surface area contributed by atoms with Gasteiger partial charge in [0.15, 0.2) is 5.65 Å². The molecule has 2 aromatic heterocycles. The molecule has 8 heteroatoms. The maximum Gasteiger partial charge on any atom is 0.223 e. The molecule has 1 atom stereocenters. The van der Waals surface area contributed by atoms with Crippen LogP contribution in [-0.4, -0.2) is 57.0 Å². The Balaban J connectivity index is 1.67. The summed E-state index contributed by atoms with van der Waals surface area (Å²) in [4.78, 5) is 34.3. The summed E-state index contributed by atoms with van der Waals surface area (Å²) in [5.74, 6) is 0.381. The molecule has 2 aromatic rings. The molecule has 24 heavy (non-hydrogen) atoms. The fraction of sp³-hybridized carbons (Fsp3) is 0.500. The van der Waals surface area contributed by atoms with Crippen LogP contribution < -0.4 is 5.73 Å². The third-order valence-electron chi connectivity index (χ3n) is 4.27. The summed E-state index contributed by atoms with van der Waals surface area (Å²) in [5, 5.41) is 0. The number of hydrogen-bond acceptors (Lipinski definition) is 5. The summed E-state index contributed by atoms with van der Waals surface area (Å²) in [6, 6.07) is 3.47. The first-order chi connectivity index (χ1) is 11.6. The molecule has 0 bridgehead atoms. The molecule has 8 nitrogen and oxygen atoms in total. The summed E-state index contributed by atoms with van der Waals surface area (Å²) in [6.45, 7) is 1.32. The van der Waals surface area contributed by atoms with E-state index in [0.29, 0.717) is 32.6 Å². The zero-order valence-electron chi connectivity index (χ0n) is 13.6. The fourth-order valence-corrected chi connectivity index (χ4v) is 3.04. The topological polar surface area (TPSA) is 103 Å². The average molecular weight is 331 g/mol. The van der Waals surface area contributed by atoms with Gasteiger partial charge in [0, 0.05) is 39.1 Å². The molecule has 0 spiro atoms. The summed E-state index contributed by atoms with van der Waals surface area (Å²) < 4.78 is 7.26. The van der Waals surface area contributed by atoms with E-state index in [9.17, 15) is 9.59 Å². The fourth-order valence-electron chi connectivity index (χ4n) is 3.04. The highest BCUT2D eigenvalue weighted by Crippen LogP contribution is 2.16. The second kappa shape index (κ2) is 6.96. The predicted octanol–water partition coefficient (Wildman–Crippen LogP) is 0.00370. The highest BCUT2D eigenvalue weighted by Gasteiger charge is 2.28. The van der Waals surface area contributed by atoms with E-state index >= 15 is 0 Å². The van der Waals surface area contributed by atoms with E-state index in [0.717, 1.165) is 17.0 Å². The van der Waals surface area contributed by atoms with Gasteiger partial charge in [0.25, 0.3) is 0 Å². The van der Waals surface area contributed by atoms with Gasteiger partial charge in [0.1, 0.15) is 11.3 Å². The Hall–Kier alpha value is -2.48. The van der Waals surface area contributed by atoms with E-state index in [1.807, 2.05) is 23.7 Å². The molecule has 3 heterocycles. The number of carbonyl (C=O) groups is 2. The van der Waals surface area contributed by atoms with Crippen LogP contribution >= 0.6 is 0 Å². The van der Waals surface area contributed by atoms with Gasteiger partial charge in [-0.2, -0.15) is 0 Å². The summed E-state index contributed by atoms with van der Waals surface area (Å²) in [7, 11) is 1.90. The van der Waals surface area contributed by atoms with E-state index in [1.165, 1.54) is 0 Å². The van der Waals surface area contributed by atoms with Crippen LogP contribution in [0.3, 0.4) is 0 Å². The molecular formula is C16H21N5O3. The lowest BCUT2D eigenvalue weighted by Gasteiger charge is -2.35. The van der Waals surface area contributed by atoms with E-state index in [4.69, 9.17) is 10.5 Å². The first-order valence-corrected chi connectivity index (χ1v) is 7.98. The van der Waals surface area contributed by atoms with Gasteiger partial charge in [-0.15, -0.1) is 0 Å². The van der Waals surface area contributed by atoms with E-state index in [-0.39, 0.29) is 18.4 Å². The standard InChI is InChI=1S/C16H21N5O3/c1-20-14(19-12-3-2-6-18-16(12)20)4-5-15(23)21-7-8-24-10-11(21)9-13(17)22/h2-3,6,11H,4-5,7-10H2,1H3,(H2,17,22)/t11-/m1/s1. The molecule has 1 aliphatic heterocycles. The van der Waals surface area contributed by atoms with Gasteiger partial charge in [-0.1, -0.05) is 0 Å². The summed E-state index contributed by atoms with van der Waals surface area (Å²) in [5.41, 5.74) is 6.88. The summed E-state index contributed by atoms with van der Waals surface area (Å²) in [6.07, 6.45) is 2.70. The molecule has 128 valence electrons. The minimum Gasteiger partial charge on any atom is -0.377 e. The third kappa shape index (κ3) is 3.38. The number of carbonyl (C=O) groups excluding carboxylic acids is 2. The van der Waals surface area contributed by atoms with Crippen molar-refractivity contribution in [1.29, 1.82) is 0 Å². The normalized spacial score (nSPS) is 18.0. The van der Waals surface area contributed by atoms with Gasteiger partial charge in [-0.25, -0.2) is 9.97 Å². The van der Waals surface area contributed by atoms with Crippen molar-refractivity contribution in [3.63, 3.8) is 0 Å². The van der Waals surface area contributed by atoms with Crippen molar-refractivity contribution in [2.75, 3.05) is 19.8 Å². The van der Waals surface area contributed by atoms with Crippen molar-refractivity contribution in [2.45, 2.75) is 25.3 Å². The quantitative estimate of drug-likeness (QED) is 0.831. The Morgan fingerprint density at radius 1 is 1.46 bits per heavy atom. The Morgan fingerprint density at radius 3 is 3.04 bits per heavy atom. The zero-order chi connectivity index (χ0) is 17.1. The highest BCUT2D eigenvalue weighted by atomic mass is 16.5. The number of aryl methyl sites for hydroxylation is 2. The monoisotopic (exact) mass is 331 g/mol. The molecule has 2 amide bonds. The number of aromatic nitrogens is 3. The van der Waals surface area contributed by atoms with Gasteiger partial charge in [0.05, 0.1) is 19.3 Å². The lowest BCUT2D eigenvalue weighted by Crippen LogP contribution is -2.50. The molecule has 2 N–H and O–H groups in total. The van der Waals surface area contributed by atoms with Crippen molar-refractivity contribution in [1.82, 2.24) is 19.4 Å². The first-order valence-electron chi connectivity index (χ1n) is 7.98. The van der Waals surface area contributed by atoms with E-state index < -0.39 is 5.91 Å². The number of rotatable bonds is 5. The Labute approximate surface area is 139 Å². The molecular weight excluding hydrogens is 310 g/mol. The maximum absolute atomic E-state index is 12.6. The number of nitrogens with two attached hydrogens (primary N) is 1. The third-order valence-corrected chi connectivity index (χ3v) is 4.27. The molecule has 1 aliphatic rings. The van der Waals surface area contributed by atoms with Gasteiger partial charge >= 0.3 is 0 Å². The minimum absolute atomic E-state index is 0.00966. The Morgan fingerprint density at radius 2 is 2.29 bits per heavy atom. The molecule has 3 rings (SSSR count). The van der Waals surface area contributed by atoms with Gasteiger partial charge < -0.3 is 19.9 Å². The molecule has 0 aromatic carbocycles. The first kappa shape index (κ1) is 16.4. The Kier molecular flexibility index (Phi) is 4.75. The van der Waals surface area contributed by atoms with Crippen molar-refractivity contribution < 1.29 is 14.3 Å². The van der Waals surface area contributed by atoms with Crippen molar-refractivity contribution in [3.05, 3.63) is 24.2 Å². The van der Waals surface area contributed by atoms with Crippen LogP contribution in [0, 0.1) is 0 Å². The minimum atomic E-state index is -0.426. The van der Waals surface area contributed by atoms with Gasteiger partial charge in [-0.05, 0) is 12.1 Å². The number of amides is 2. The van der Waals surface area contributed by atoms with Crippen LogP contribution in [0.1, 0.15) is 18.7 Å². The maximum atomic E-state index is 12.6. The number of hydrogen-bond donors (Lipinski definition) is 1. The number of nitrogens with zero attached hydrogens (tertiary/aromatic N) is 4. The van der Waals surface area contributed by atoms with Crippen LogP contribution in [0.5, 0.6) is 0 Å². The number of fused-ring (bicyclic) bond motifs is 1. The predicted molar refractivity (Wildman–Crippen MR) is 87.0 cm³/mol. The SMILES string of the molecule is Cn1c(CCC(=O)N2CCOC[C@H]2CC(N)=O)nc2cccnc21. The van der Waals surface area contributed by atoms with Crippen LogP contribution in [0.4, 0.5) is 0 Å². The smallest absolute Gasteiger partial charge is 0.223 e. The molecule has 1 saturated heterocycles. The van der Waals surface area contributed by atoms with E-state index in [2.05, 4.69) is 9.97 Å². The molecule has 0 saturated carbocycles. The second-order valence-electron chi connectivity index (χ2n) is 5.92. The lowest BCUT2D eigenvalue weighted by molar-refractivity contribution is -0.141. The number of pyridine rings is 1. The molecule has 0 aliphatic carbocycles. The van der Waals surface area contributed by atoms with Crippen LogP contribution in [-0.2, 0) is 27.8 Å². The Bertz CT molecular complexity index is 757. The highest BCUT2D eigenvalue weighted by molar-refractivity contribution is 5.79. The van der Waals surface area contributed by atoms with Gasteiger partial charge in [0.2, 0.25) is 11.8 Å². The molecule has 0 unspecified atom stereocenters. The van der Waals surface area contributed by atoms with E-state index in [1.54, 1.807) is 11.1 Å².